The van der Waals surface area contributed by atoms with Crippen LogP contribution in [0, 0.1) is 5.41 Å². The Morgan fingerprint density at radius 3 is 2.42 bits per heavy atom. The lowest BCUT2D eigenvalue weighted by Gasteiger charge is -2.53. The summed E-state index contributed by atoms with van der Waals surface area (Å²) in [5.41, 5.74) is 7.17. The van der Waals surface area contributed by atoms with Crippen LogP contribution in [0.25, 0.3) is 0 Å². The number of β-lactam (4-membered cyclic amide) rings is 1. The summed E-state index contributed by atoms with van der Waals surface area (Å²) in [6, 6.07) is 17.8. The number of methoxy groups -OCH3 is 1. The van der Waals surface area contributed by atoms with Crippen molar-refractivity contribution in [1.29, 1.82) is 0 Å². The van der Waals surface area contributed by atoms with E-state index >= 15 is 0 Å². The van der Waals surface area contributed by atoms with Gasteiger partial charge in [0, 0.05) is 23.2 Å². The van der Waals surface area contributed by atoms with Crippen molar-refractivity contribution in [3.8, 4) is 0 Å². The number of nitrogens with two attached hydrogens (primary N) is 1. The molecule has 0 saturated carbocycles. The third kappa shape index (κ3) is 6.97. The number of aromatic nitrogens is 1. The van der Waals surface area contributed by atoms with Crippen LogP contribution in [-0.2, 0) is 33.5 Å². The van der Waals surface area contributed by atoms with Crippen molar-refractivity contribution in [2.45, 2.75) is 17.5 Å². The Hall–Kier alpha value is -4.40. The minimum atomic E-state index is -1.23. The molecule has 2 saturated heterocycles. The van der Waals surface area contributed by atoms with Crippen LogP contribution in [0.4, 0.5) is 5.13 Å². The Morgan fingerprint density at radius 1 is 1.18 bits per heavy atom. The molecule has 3 aromatic rings. The van der Waals surface area contributed by atoms with Gasteiger partial charge in [0.25, 0.3) is 5.91 Å². The van der Waals surface area contributed by atoms with E-state index in [4.69, 9.17) is 26.9 Å². The first-order valence-corrected chi connectivity index (χ1v) is 15.9. The first-order valence-electron chi connectivity index (χ1n) is 13.6. The number of nitrogens with one attached hydrogen (secondary N) is 1. The third-order valence-corrected chi connectivity index (χ3v) is 9.51. The number of fused-ring (bicyclic) bond motifs is 1. The van der Waals surface area contributed by atoms with Gasteiger partial charge in [-0.1, -0.05) is 83.5 Å². The van der Waals surface area contributed by atoms with Gasteiger partial charge in [-0.15, -0.1) is 23.1 Å². The minimum Gasteiger partial charge on any atom is -0.466 e. The van der Waals surface area contributed by atoms with E-state index < -0.39 is 53.3 Å². The second kappa shape index (κ2) is 14.1. The van der Waals surface area contributed by atoms with Gasteiger partial charge in [-0.3, -0.25) is 14.4 Å². The molecule has 0 bridgehead atoms. The van der Waals surface area contributed by atoms with Crippen molar-refractivity contribution in [3.05, 3.63) is 94.5 Å². The van der Waals surface area contributed by atoms with Gasteiger partial charge in [-0.25, -0.2) is 9.78 Å². The van der Waals surface area contributed by atoms with Crippen LogP contribution in [-0.4, -0.2) is 76.8 Å². The number of benzene rings is 2. The molecule has 234 valence electrons. The number of nitrogen functional groups attached to an aromatic ring is 1. The van der Waals surface area contributed by atoms with Crippen LogP contribution in [0.5, 0.6) is 0 Å². The molecule has 3 N–H and O–H groups in total. The molecule has 2 aliphatic heterocycles. The fourth-order valence-corrected chi connectivity index (χ4v) is 7.13. The van der Waals surface area contributed by atoms with Crippen LogP contribution >= 0.6 is 34.7 Å². The molecule has 2 fully saturated rings. The molecule has 5 rings (SSSR count). The fraction of sp³-hybridized carbons (Fsp3) is 0.267. The molecule has 2 aliphatic rings. The number of esters is 2. The van der Waals surface area contributed by atoms with Gasteiger partial charge < -0.3 is 30.3 Å². The molecule has 15 heteroatoms. The molecule has 2 unspecified atom stereocenters. The molecule has 0 aliphatic carbocycles. The van der Waals surface area contributed by atoms with Crippen LogP contribution < -0.4 is 11.1 Å². The number of amides is 2. The zero-order valence-electron chi connectivity index (χ0n) is 23.8. The number of thiazole rings is 1. The maximum Gasteiger partial charge on any atom is 0.346 e. The number of carbonyl (C=O) groups is 4. The number of oxime groups is 1. The van der Waals surface area contributed by atoms with E-state index in [0.717, 1.165) is 22.5 Å². The summed E-state index contributed by atoms with van der Waals surface area (Å²) < 4.78 is 10.7. The fourth-order valence-electron chi connectivity index (χ4n) is 4.84. The van der Waals surface area contributed by atoms with Crippen molar-refractivity contribution in [3.63, 3.8) is 0 Å². The van der Waals surface area contributed by atoms with Crippen molar-refractivity contribution >= 4 is 69.3 Å². The number of halogens is 1. The number of nitrogens with zero attached hydrogens (tertiary/aromatic N) is 3. The Kier molecular flexibility index (Phi) is 10.1. The zero-order chi connectivity index (χ0) is 32.0. The van der Waals surface area contributed by atoms with Crippen LogP contribution in [0.2, 0.25) is 0 Å². The molecule has 12 nitrogen and oxygen atoms in total. The van der Waals surface area contributed by atoms with Gasteiger partial charge in [0.15, 0.2) is 16.9 Å². The number of carbonyl (C=O) groups excluding carboxylic acids is 4. The smallest absolute Gasteiger partial charge is 0.346 e. The SMILES string of the molecule is COC(=O)CON=C(C(=O)NC1C(=O)N2CC(C=CCl)(C(=O)OC(c3ccccc3)c3ccccc3)CS[C@H]12)c1csc(N)n1. The number of ether oxygens (including phenoxy) is 2. The van der Waals surface area contributed by atoms with Crippen LogP contribution in [0.15, 0.2) is 82.8 Å². The largest absolute Gasteiger partial charge is 0.466 e. The normalized spacial score (nSPS) is 21.2. The topological polar surface area (TPSA) is 163 Å². The molecule has 0 spiro atoms. The lowest BCUT2D eigenvalue weighted by Crippen LogP contribution is -2.74. The van der Waals surface area contributed by atoms with E-state index in [-0.39, 0.29) is 28.8 Å². The van der Waals surface area contributed by atoms with E-state index in [2.05, 4.69) is 20.2 Å². The second-order valence-corrected chi connectivity index (χ2v) is 12.3. The summed E-state index contributed by atoms with van der Waals surface area (Å²) in [7, 11) is 1.18. The number of anilines is 1. The minimum absolute atomic E-state index is 0.0000295. The van der Waals surface area contributed by atoms with E-state index in [9.17, 15) is 19.2 Å². The Balaban J connectivity index is 1.30. The summed E-state index contributed by atoms with van der Waals surface area (Å²) in [6.45, 7) is -0.538. The predicted octanol–water partition coefficient (Wildman–Crippen LogP) is 3.09. The average molecular weight is 670 g/mol. The lowest BCUT2D eigenvalue weighted by molar-refractivity contribution is -0.162. The summed E-state index contributed by atoms with van der Waals surface area (Å²) >= 11 is 8.40. The molecule has 0 radical (unpaired) electrons. The van der Waals surface area contributed by atoms with Crippen molar-refractivity contribution in [2.24, 2.45) is 10.6 Å². The monoisotopic (exact) mass is 669 g/mol. The summed E-state index contributed by atoms with van der Waals surface area (Å²) in [6.07, 6.45) is 0.865. The molecule has 3 heterocycles. The van der Waals surface area contributed by atoms with E-state index in [0.29, 0.717) is 0 Å². The quantitative estimate of drug-likeness (QED) is 0.134. The van der Waals surface area contributed by atoms with Gasteiger partial charge in [0.05, 0.1) is 7.11 Å². The predicted molar refractivity (Wildman–Crippen MR) is 169 cm³/mol. The van der Waals surface area contributed by atoms with E-state index in [1.165, 1.54) is 34.7 Å². The van der Waals surface area contributed by atoms with Crippen LogP contribution in [0.1, 0.15) is 22.9 Å². The highest BCUT2D eigenvalue weighted by atomic mass is 35.5. The number of rotatable bonds is 11. The highest BCUT2D eigenvalue weighted by molar-refractivity contribution is 8.00. The molecule has 3 atom stereocenters. The number of thioether (sulfide) groups is 1. The Labute approximate surface area is 271 Å². The average Bonchev–Trinajstić information content (AvgIpc) is 3.50. The summed E-state index contributed by atoms with van der Waals surface area (Å²) in [4.78, 5) is 62.5. The molecule has 45 heavy (non-hydrogen) atoms. The number of hydrogen-bond donors (Lipinski definition) is 2. The summed E-state index contributed by atoms with van der Waals surface area (Å²) in [5.74, 6) is -2.17. The molecular weight excluding hydrogens is 642 g/mol. The van der Waals surface area contributed by atoms with E-state index in [1.807, 2.05) is 60.7 Å². The lowest BCUT2D eigenvalue weighted by atomic mass is 9.87. The highest BCUT2D eigenvalue weighted by Gasteiger charge is 2.57. The van der Waals surface area contributed by atoms with Crippen LogP contribution in [0.3, 0.4) is 0 Å². The molecule has 1 aromatic heterocycles. The van der Waals surface area contributed by atoms with Gasteiger partial charge in [0.1, 0.15) is 22.5 Å². The van der Waals surface area contributed by atoms with Gasteiger partial charge in [0.2, 0.25) is 12.5 Å². The van der Waals surface area contributed by atoms with Gasteiger partial charge in [-0.2, -0.15) is 0 Å². The Morgan fingerprint density at radius 2 is 1.84 bits per heavy atom. The Bertz CT molecular complexity index is 1580. The van der Waals surface area contributed by atoms with Gasteiger partial charge in [-0.05, 0) is 11.1 Å². The standard InChI is InChI=1S/C30H28ClN5O7S2/c1-41-21(37)14-42-35-22(20-15-44-29(32)33-20)25(38)34-23-26(39)36-16-30(12-13-31,17-45-27(23)36)28(40)43-24(18-8-4-2-5-9-18)19-10-6-3-7-11-19/h2-13,15,23-24,27H,14,16-17H2,1H3,(H2,32,33)(H,34,38)/t23?,27-,30?/m1/s1. The second-order valence-electron chi connectivity index (χ2n) is 10.0. The first-order chi connectivity index (χ1) is 21.8. The maximum atomic E-state index is 13.9. The van der Waals surface area contributed by atoms with E-state index in [1.54, 1.807) is 6.08 Å². The first kappa shape index (κ1) is 32.0. The van der Waals surface area contributed by atoms with Gasteiger partial charge >= 0.3 is 11.9 Å². The zero-order valence-corrected chi connectivity index (χ0v) is 26.2. The maximum absolute atomic E-state index is 13.9. The molecular formula is C30H28ClN5O7S2. The van der Waals surface area contributed by atoms with Crippen molar-refractivity contribution in [1.82, 2.24) is 15.2 Å². The van der Waals surface area contributed by atoms with Crippen molar-refractivity contribution in [2.75, 3.05) is 31.7 Å². The highest BCUT2D eigenvalue weighted by Crippen LogP contribution is 2.44. The third-order valence-electron chi connectivity index (χ3n) is 7.16. The number of hydrogen-bond acceptors (Lipinski definition) is 12. The van der Waals surface area contributed by atoms with Crippen molar-refractivity contribution < 1.29 is 33.5 Å². The summed E-state index contributed by atoms with van der Waals surface area (Å²) in [5, 5.41) is 7.65. The molecule has 2 amide bonds. The molecule has 2 aromatic carbocycles.